The van der Waals surface area contributed by atoms with E-state index in [4.69, 9.17) is 39.5 Å². The molecular formula is C22H13Cl3N2O3. The fourth-order valence-corrected chi connectivity index (χ4v) is 3.36. The van der Waals surface area contributed by atoms with Crippen LogP contribution < -0.4 is 4.74 Å². The van der Waals surface area contributed by atoms with Crippen LogP contribution in [0.15, 0.2) is 60.7 Å². The van der Waals surface area contributed by atoms with E-state index in [2.05, 4.69) is 6.07 Å². The van der Waals surface area contributed by atoms with Crippen LogP contribution in [0.3, 0.4) is 0 Å². The fourth-order valence-electron chi connectivity index (χ4n) is 2.67. The Morgan fingerprint density at radius 1 is 1.03 bits per heavy atom. The summed E-state index contributed by atoms with van der Waals surface area (Å²) in [6.07, 6.45) is 1.58. The van der Waals surface area contributed by atoms with E-state index in [0.29, 0.717) is 31.9 Å². The molecule has 0 amide bonds. The normalized spacial score (nSPS) is 11.1. The van der Waals surface area contributed by atoms with Crippen LogP contribution in [-0.4, -0.2) is 4.92 Å². The van der Waals surface area contributed by atoms with E-state index in [9.17, 15) is 15.4 Å². The van der Waals surface area contributed by atoms with E-state index in [0.717, 1.165) is 5.56 Å². The zero-order chi connectivity index (χ0) is 21.7. The summed E-state index contributed by atoms with van der Waals surface area (Å²) in [5.41, 5.74) is 2.13. The Balaban J connectivity index is 1.95. The number of allylic oxidation sites excluding steroid dienone is 1. The predicted octanol–water partition coefficient (Wildman–Crippen LogP) is 7.20. The summed E-state index contributed by atoms with van der Waals surface area (Å²) in [6, 6.07) is 18.1. The summed E-state index contributed by atoms with van der Waals surface area (Å²) in [4.78, 5) is 10.3. The molecule has 3 aromatic rings. The first-order chi connectivity index (χ1) is 14.4. The maximum Gasteiger partial charge on any atom is 0.269 e. The number of hydrogen-bond acceptors (Lipinski definition) is 4. The highest BCUT2D eigenvalue weighted by Crippen LogP contribution is 2.35. The molecule has 0 saturated heterocycles. The third-order valence-corrected chi connectivity index (χ3v) is 4.89. The molecule has 0 N–H and O–H groups in total. The number of ether oxygens (including phenoxy) is 1. The lowest BCUT2D eigenvalue weighted by atomic mass is 10.0. The number of non-ortho nitro benzene ring substituents is 1. The van der Waals surface area contributed by atoms with Crippen molar-refractivity contribution in [1.82, 2.24) is 0 Å². The van der Waals surface area contributed by atoms with Crippen LogP contribution >= 0.6 is 34.8 Å². The molecule has 0 aromatic heterocycles. The molecule has 0 bridgehead atoms. The van der Waals surface area contributed by atoms with E-state index in [1.807, 2.05) is 12.1 Å². The van der Waals surface area contributed by atoms with Crippen molar-refractivity contribution in [3.63, 3.8) is 0 Å². The summed E-state index contributed by atoms with van der Waals surface area (Å²) < 4.78 is 5.90. The minimum absolute atomic E-state index is 0.0613. The van der Waals surface area contributed by atoms with Crippen molar-refractivity contribution in [2.75, 3.05) is 0 Å². The Labute approximate surface area is 187 Å². The standard InChI is InChI=1S/C22H13Cl3N2O3/c23-18-5-1-14(2-6-18)13-30-22-16(10-19(24)11-21(22)25)9-17(12-26)15-3-7-20(8-4-15)27(28)29/h1-11H,13H2/b17-9+. The molecule has 0 fully saturated rings. The molecule has 0 atom stereocenters. The van der Waals surface area contributed by atoms with Gasteiger partial charge < -0.3 is 4.74 Å². The quantitative estimate of drug-likeness (QED) is 0.169. The molecule has 0 aliphatic rings. The molecule has 0 heterocycles. The van der Waals surface area contributed by atoms with Gasteiger partial charge in [-0.3, -0.25) is 10.1 Å². The van der Waals surface area contributed by atoms with Gasteiger partial charge in [-0.05, 0) is 53.6 Å². The maximum absolute atomic E-state index is 10.8. The highest BCUT2D eigenvalue weighted by Gasteiger charge is 2.13. The Kier molecular flexibility index (Phi) is 6.96. The first-order valence-corrected chi connectivity index (χ1v) is 9.73. The second-order valence-corrected chi connectivity index (χ2v) is 7.47. The first-order valence-electron chi connectivity index (χ1n) is 8.60. The zero-order valence-corrected chi connectivity index (χ0v) is 17.6. The van der Waals surface area contributed by atoms with Gasteiger partial charge in [-0.25, -0.2) is 0 Å². The lowest BCUT2D eigenvalue weighted by Crippen LogP contribution is -1.98. The van der Waals surface area contributed by atoms with Crippen LogP contribution in [0.4, 0.5) is 5.69 Å². The summed E-state index contributed by atoms with van der Waals surface area (Å²) in [7, 11) is 0. The number of nitro groups is 1. The minimum atomic E-state index is -0.501. The van der Waals surface area contributed by atoms with Crippen LogP contribution in [-0.2, 0) is 6.61 Å². The average Bonchev–Trinajstić information content (AvgIpc) is 2.72. The van der Waals surface area contributed by atoms with Gasteiger partial charge in [0.15, 0.2) is 0 Å². The highest BCUT2D eigenvalue weighted by atomic mass is 35.5. The van der Waals surface area contributed by atoms with Crippen LogP contribution in [0.1, 0.15) is 16.7 Å². The molecule has 0 aliphatic heterocycles. The lowest BCUT2D eigenvalue weighted by molar-refractivity contribution is -0.384. The van der Waals surface area contributed by atoms with Crippen molar-refractivity contribution in [1.29, 1.82) is 5.26 Å². The van der Waals surface area contributed by atoms with E-state index < -0.39 is 4.92 Å². The molecular weight excluding hydrogens is 447 g/mol. The first kappa shape index (κ1) is 21.7. The average molecular weight is 460 g/mol. The van der Waals surface area contributed by atoms with Crippen LogP contribution in [0.5, 0.6) is 5.75 Å². The zero-order valence-electron chi connectivity index (χ0n) is 15.3. The molecule has 8 heteroatoms. The van der Waals surface area contributed by atoms with Crippen molar-refractivity contribution in [3.8, 4) is 11.8 Å². The molecule has 0 radical (unpaired) electrons. The molecule has 150 valence electrons. The number of nitriles is 1. The maximum atomic E-state index is 10.8. The number of nitrogens with zero attached hydrogens (tertiary/aromatic N) is 2. The summed E-state index contributed by atoms with van der Waals surface area (Å²) >= 11 is 18.4. The Morgan fingerprint density at radius 2 is 1.70 bits per heavy atom. The topological polar surface area (TPSA) is 76.2 Å². The predicted molar refractivity (Wildman–Crippen MR) is 119 cm³/mol. The van der Waals surface area contributed by atoms with Gasteiger partial charge in [-0.1, -0.05) is 46.9 Å². The van der Waals surface area contributed by atoms with Gasteiger partial charge in [-0.15, -0.1) is 0 Å². The number of rotatable bonds is 6. The molecule has 0 spiro atoms. The second-order valence-electron chi connectivity index (χ2n) is 6.19. The SMILES string of the molecule is N#C/C(=C\c1cc(Cl)cc(Cl)c1OCc1ccc(Cl)cc1)c1ccc([N+](=O)[O-])cc1. The number of nitro benzene ring substituents is 1. The van der Waals surface area contributed by atoms with E-state index >= 15 is 0 Å². The third-order valence-electron chi connectivity index (χ3n) is 4.14. The Bertz CT molecular complexity index is 1150. The summed E-state index contributed by atoms with van der Waals surface area (Å²) in [6.45, 7) is 0.235. The molecule has 3 aromatic carbocycles. The smallest absolute Gasteiger partial charge is 0.269 e. The second kappa shape index (κ2) is 9.64. The van der Waals surface area contributed by atoms with Gasteiger partial charge in [0.2, 0.25) is 0 Å². The fraction of sp³-hybridized carbons (Fsp3) is 0.0455. The molecule has 30 heavy (non-hydrogen) atoms. The van der Waals surface area contributed by atoms with Gasteiger partial charge in [0.1, 0.15) is 12.4 Å². The number of halogens is 3. The van der Waals surface area contributed by atoms with Gasteiger partial charge >= 0.3 is 0 Å². The van der Waals surface area contributed by atoms with Crippen LogP contribution in [0.25, 0.3) is 11.6 Å². The van der Waals surface area contributed by atoms with Crippen molar-refractivity contribution >= 4 is 52.1 Å². The lowest BCUT2D eigenvalue weighted by Gasteiger charge is -2.13. The molecule has 0 aliphatic carbocycles. The summed E-state index contributed by atoms with van der Waals surface area (Å²) in [5, 5.41) is 21.7. The molecule has 0 unspecified atom stereocenters. The third kappa shape index (κ3) is 5.31. The number of benzene rings is 3. The van der Waals surface area contributed by atoms with Gasteiger partial charge in [0.25, 0.3) is 5.69 Å². The van der Waals surface area contributed by atoms with Gasteiger partial charge in [0.05, 0.1) is 21.6 Å². The largest absolute Gasteiger partial charge is 0.487 e. The van der Waals surface area contributed by atoms with Crippen molar-refractivity contribution < 1.29 is 9.66 Å². The van der Waals surface area contributed by atoms with E-state index in [-0.39, 0.29) is 17.9 Å². The van der Waals surface area contributed by atoms with Gasteiger partial charge in [0, 0.05) is 27.7 Å². The van der Waals surface area contributed by atoms with Crippen molar-refractivity contribution in [2.24, 2.45) is 0 Å². The summed E-state index contributed by atoms with van der Waals surface area (Å²) in [5.74, 6) is 0.366. The van der Waals surface area contributed by atoms with E-state index in [1.165, 1.54) is 24.3 Å². The Morgan fingerprint density at radius 3 is 2.30 bits per heavy atom. The minimum Gasteiger partial charge on any atom is -0.487 e. The van der Waals surface area contributed by atoms with Gasteiger partial charge in [-0.2, -0.15) is 5.26 Å². The monoisotopic (exact) mass is 458 g/mol. The molecule has 3 rings (SSSR count). The van der Waals surface area contributed by atoms with Crippen molar-refractivity contribution in [3.05, 3.63) is 103 Å². The molecule has 0 saturated carbocycles. The van der Waals surface area contributed by atoms with Crippen LogP contribution in [0, 0.1) is 21.4 Å². The van der Waals surface area contributed by atoms with Crippen molar-refractivity contribution in [2.45, 2.75) is 6.61 Å². The van der Waals surface area contributed by atoms with Crippen LogP contribution in [0.2, 0.25) is 15.1 Å². The number of hydrogen-bond donors (Lipinski definition) is 0. The highest BCUT2D eigenvalue weighted by molar-refractivity contribution is 6.36. The van der Waals surface area contributed by atoms with E-state index in [1.54, 1.807) is 30.3 Å². The molecule has 5 nitrogen and oxygen atoms in total. The Hall–Kier alpha value is -3.04.